The third kappa shape index (κ3) is 56700. The number of carboxylic acids is 4. The van der Waals surface area contributed by atoms with Crippen molar-refractivity contribution in [2.75, 3.05) is 56.6 Å². The lowest BCUT2D eigenvalue weighted by Gasteiger charge is -1.80. The van der Waals surface area contributed by atoms with Gasteiger partial charge in [0.2, 0.25) is 11.8 Å². The highest BCUT2D eigenvalue weighted by atomic mass is 16.5. The Bertz CT molecular complexity index is 570. The van der Waals surface area contributed by atoms with Crippen LogP contribution in [0.4, 0.5) is 0 Å². The second-order valence-corrected chi connectivity index (χ2v) is 5.08. The summed E-state index contributed by atoms with van der Waals surface area (Å²) >= 11 is 0. The average Bonchev–Trinajstić information content (AvgIpc) is 3.49. The fourth-order valence-corrected chi connectivity index (χ4v) is 0. The minimum Gasteiger partial charge on any atom is -0.481 e. The number of esters is 2. The molecule has 80 heavy (non-hydrogen) atoms. The Hall–Kier alpha value is -5.44. The molecule has 0 aromatic heterocycles. The van der Waals surface area contributed by atoms with Gasteiger partial charge in [-0.3, -0.25) is 38.4 Å². The van der Waals surface area contributed by atoms with Gasteiger partial charge in [-0.15, -0.1) is 52.6 Å². The first-order valence-electron chi connectivity index (χ1n) is 25.3. The maximum atomic E-state index is 9.70. The number of aliphatic hydroxyl groups is 2. The molecule has 520 valence electrons. The quantitative estimate of drug-likeness (QED) is 0.0795. The lowest BCUT2D eigenvalue weighted by molar-refractivity contribution is -0.138. The van der Waals surface area contributed by atoms with Crippen LogP contribution in [-0.4, -0.2) is 135 Å². The number of aliphatic hydroxyl groups excluding tert-OH is 2. The van der Waals surface area contributed by atoms with Crippen molar-refractivity contribution in [3.8, 4) is 0 Å². The number of carbonyl (C=O) groups excluding carboxylic acids is 4. The highest BCUT2D eigenvalue weighted by Gasteiger charge is 1.76. The minimum atomic E-state index is -0.833. The van der Waals surface area contributed by atoms with Crippen molar-refractivity contribution in [1.29, 1.82) is 0 Å². The molecule has 0 saturated heterocycles. The van der Waals surface area contributed by atoms with E-state index in [0.717, 1.165) is 41.9 Å². The highest BCUT2D eigenvalue weighted by Crippen LogP contribution is 1.61. The molecule has 0 spiro atoms. The number of amides is 2. The number of methoxy groups -OCH3 is 2. The van der Waals surface area contributed by atoms with E-state index in [-0.39, 0.29) is 53.5 Å². The molecule has 0 radical (unpaired) electrons. The number of nitrogens with two attached hydrogens (primary N) is 2. The number of nitrogens with one attached hydrogen (secondary N) is 2. The summed E-state index contributed by atoms with van der Waals surface area (Å²) in [7, 11) is 10.9. The number of aliphatic carboxylic acids is 4. The Morgan fingerprint density at radius 1 is 0.287 bits per heavy atom. The average molecular weight is 1200 g/mol. The predicted molar refractivity (Wildman–Crippen MR) is 373 cm³/mol. The van der Waals surface area contributed by atoms with Crippen LogP contribution in [0.5, 0.6) is 0 Å². The molecule has 0 fully saturated rings. The van der Waals surface area contributed by atoms with Crippen molar-refractivity contribution >= 4 is 47.6 Å². The Morgan fingerprint density at radius 3 is 0.312 bits per heavy atom. The number of ether oxygens (including phenoxy) is 2. The van der Waals surface area contributed by atoms with E-state index in [0.29, 0.717) is 0 Å². The van der Waals surface area contributed by atoms with E-state index in [2.05, 4.69) is 84.2 Å². The molecule has 20 nitrogen and oxygen atoms in total. The first-order valence-corrected chi connectivity index (χ1v) is 25.3. The zero-order chi connectivity index (χ0) is 71.4. The van der Waals surface area contributed by atoms with Crippen molar-refractivity contribution in [3.05, 3.63) is 52.6 Å². The van der Waals surface area contributed by atoms with Crippen LogP contribution in [0.15, 0.2) is 52.6 Å². The number of carbonyl (C=O) groups is 8. The predicted octanol–water partition coefficient (Wildman–Crippen LogP) is 16.7. The summed E-state index contributed by atoms with van der Waals surface area (Å²) in [5.74, 6) is -3.81. The fourth-order valence-electron chi connectivity index (χ4n) is 0. The van der Waals surface area contributed by atoms with Crippen LogP contribution in [0.3, 0.4) is 0 Å². The summed E-state index contributed by atoms with van der Waals surface area (Å²) in [6.07, 6.45) is 0. The van der Waals surface area contributed by atoms with Crippen LogP contribution in [0, 0.1) is 0 Å². The summed E-state index contributed by atoms with van der Waals surface area (Å²) in [5, 5.41) is 48.4. The van der Waals surface area contributed by atoms with Gasteiger partial charge in [0.05, 0.1) is 14.2 Å². The van der Waals surface area contributed by atoms with Gasteiger partial charge in [-0.1, -0.05) is 196 Å². The molecule has 0 aliphatic rings. The summed E-state index contributed by atoms with van der Waals surface area (Å²) in [4.78, 5) is 74.6. The molecule has 0 aromatic carbocycles. The van der Waals surface area contributed by atoms with E-state index in [9.17, 15) is 19.2 Å². The monoisotopic (exact) mass is 1200 g/mol. The second-order valence-electron chi connectivity index (χ2n) is 5.08. The third-order valence-electron chi connectivity index (χ3n) is 1.28. The van der Waals surface area contributed by atoms with E-state index in [1.807, 2.05) is 166 Å². The highest BCUT2D eigenvalue weighted by molar-refractivity contribution is 5.72. The van der Waals surface area contributed by atoms with Crippen molar-refractivity contribution < 1.29 is 78.5 Å². The van der Waals surface area contributed by atoms with Gasteiger partial charge in [0, 0.05) is 83.7 Å². The van der Waals surface area contributed by atoms with Gasteiger partial charge in [0.15, 0.2) is 0 Å². The van der Waals surface area contributed by atoms with Crippen LogP contribution in [-0.2, 0) is 47.8 Å². The number of carboxylic acid groups (broad SMARTS) is 4. The van der Waals surface area contributed by atoms with Gasteiger partial charge in [-0.2, -0.15) is 0 Å². The summed E-state index contributed by atoms with van der Waals surface area (Å²) in [6, 6.07) is 0. The summed E-state index contributed by atoms with van der Waals surface area (Å²) in [6.45, 7) is 82.0. The molecule has 0 saturated carbocycles. The molecule has 0 aliphatic heterocycles. The Labute approximate surface area is 507 Å². The topological polar surface area (TPSA) is 353 Å². The first-order chi connectivity index (χ1) is 36.0. The van der Waals surface area contributed by atoms with Gasteiger partial charge >= 0.3 is 11.9 Å². The van der Waals surface area contributed by atoms with Crippen LogP contribution < -0.4 is 22.1 Å². The summed E-state index contributed by atoms with van der Waals surface area (Å²) in [5.41, 5.74) is 9.00. The maximum Gasteiger partial charge on any atom is 0.302 e. The lowest BCUT2D eigenvalue weighted by Crippen LogP contribution is -2.11. The molecule has 0 atom stereocenters. The van der Waals surface area contributed by atoms with Gasteiger partial charge in [-0.25, -0.2) is 0 Å². The smallest absolute Gasteiger partial charge is 0.302 e. The normalized spacial score (nSPS) is 4.35. The van der Waals surface area contributed by atoms with Crippen LogP contribution >= 0.6 is 0 Å². The van der Waals surface area contributed by atoms with Crippen LogP contribution in [0.1, 0.15) is 251 Å². The van der Waals surface area contributed by atoms with E-state index in [4.69, 9.17) is 49.8 Å². The number of hydrogen-bond acceptors (Lipinski definition) is 14. The maximum absolute atomic E-state index is 9.70. The Morgan fingerprint density at radius 2 is 0.312 bits per heavy atom. The van der Waals surface area contributed by atoms with Gasteiger partial charge in [0.1, 0.15) is 0 Å². The SMILES string of the molecule is C.C.C.C.C=C.C=C.C=C.C=C.CC.CC.CC.CC.CC.CC.CC.CC.CC.CC.CC.CC.CC(=O)O.CC(=O)O.CC(=O)O.CC(=O)O.CN.CN.CNC(C)=O.CNC(C)=O.CO.CO.COC(C)=O.COC(C)=O. The largest absolute Gasteiger partial charge is 0.481 e. The fraction of sp³-hybridized carbons (Fsp3) is 0.733. The molecule has 0 unspecified atom stereocenters. The van der Waals surface area contributed by atoms with Crippen molar-refractivity contribution in [1.82, 2.24) is 10.6 Å². The van der Waals surface area contributed by atoms with E-state index in [1.165, 1.54) is 56.0 Å². The van der Waals surface area contributed by atoms with Crippen molar-refractivity contribution in [2.24, 2.45) is 11.5 Å². The molecule has 0 bridgehead atoms. The van der Waals surface area contributed by atoms with Crippen molar-refractivity contribution in [3.63, 3.8) is 0 Å². The molecule has 2 amide bonds. The van der Waals surface area contributed by atoms with E-state index < -0.39 is 23.9 Å². The van der Waals surface area contributed by atoms with Crippen LogP contribution in [0.25, 0.3) is 0 Å². The van der Waals surface area contributed by atoms with Gasteiger partial charge in [0.25, 0.3) is 23.9 Å². The standard InChI is InChI=1S/2C3H7NO.2C3H6O2.4C2H4O2.12C2H6.4C2H4.2CH5N.2CH4O.4CH4/c2*1-3(5)4-2;2*1-3(4)5-2;4*1-2(3)4;20*1-2;;;;/h2*1-2H3,(H,4,5);2*1-2H3;4*1H3,(H,3,4);12*1-2H3;4*1-2H2;2*2H2,1H3;2*2H,1H3;4*1H4. The molecule has 20 heteroatoms. The van der Waals surface area contributed by atoms with E-state index in [1.54, 1.807) is 14.1 Å². The number of hydrogen-bond donors (Lipinski definition) is 10. The van der Waals surface area contributed by atoms with E-state index >= 15 is 0 Å². The summed E-state index contributed by atoms with van der Waals surface area (Å²) < 4.78 is 8.22. The molecule has 0 rings (SSSR count). The van der Waals surface area contributed by atoms with Gasteiger partial charge in [-0.05, 0) is 14.1 Å². The zero-order valence-corrected chi connectivity index (χ0v) is 58.6. The Kier molecular flexibility index (Phi) is 2120. The first kappa shape index (κ1) is 223. The van der Waals surface area contributed by atoms with Gasteiger partial charge < -0.3 is 62.2 Å². The Balaban J connectivity index is -0.0000000100. The molecule has 12 N–H and O–H groups in total. The lowest BCUT2D eigenvalue weighted by atomic mass is 10.7. The molecule has 0 aromatic rings. The minimum absolute atomic E-state index is 0. The zero-order valence-electron chi connectivity index (χ0n) is 58.6. The molecule has 0 heterocycles. The molecular formula is C60H164N4O16. The molecular weight excluding hydrogens is 1030 g/mol. The second kappa shape index (κ2) is 761. The molecule has 0 aliphatic carbocycles. The third-order valence-corrected chi connectivity index (χ3v) is 1.28. The van der Waals surface area contributed by atoms with Crippen LogP contribution in [0.2, 0.25) is 0 Å². The van der Waals surface area contributed by atoms with Crippen molar-refractivity contribution in [2.45, 2.75) is 251 Å². The number of rotatable bonds is 0.